The predicted octanol–water partition coefficient (Wildman–Crippen LogP) is 7.43. The fraction of sp³-hybridized carbons (Fsp3) is 0.387. The average Bonchev–Trinajstić information content (AvgIpc) is 2.91. The van der Waals surface area contributed by atoms with Gasteiger partial charge in [0, 0.05) is 18.2 Å². The van der Waals surface area contributed by atoms with Gasteiger partial charge in [0.05, 0.1) is 0 Å². The van der Waals surface area contributed by atoms with Gasteiger partial charge in [-0.1, -0.05) is 101 Å². The second kappa shape index (κ2) is 14.2. The van der Waals surface area contributed by atoms with E-state index in [1.807, 2.05) is 66.7 Å². The normalized spacial score (nSPS) is 11.8. The summed E-state index contributed by atoms with van der Waals surface area (Å²) in [5.74, 6) is 2.34. The molecule has 1 unspecified atom stereocenters. The molecule has 1 atom stereocenters. The SMILES string of the molecule is CCC(CC)CCC(C)CNC(=O)c1cc(OCc2ccccc2)cc(OCc2ccccc2)c1. The van der Waals surface area contributed by atoms with E-state index in [9.17, 15) is 4.79 Å². The molecule has 35 heavy (non-hydrogen) atoms. The minimum absolute atomic E-state index is 0.103. The van der Waals surface area contributed by atoms with Gasteiger partial charge in [-0.05, 0) is 41.5 Å². The first-order valence-electron chi connectivity index (χ1n) is 12.8. The molecule has 4 nitrogen and oxygen atoms in total. The lowest BCUT2D eigenvalue weighted by molar-refractivity contribution is 0.0946. The first-order chi connectivity index (χ1) is 17.1. The van der Waals surface area contributed by atoms with Crippen LogP contribution in [0.2, 0.25) is 0 Å². The van der Waals surface area contributed by atoms with Gasteiger partial charge in [0.1, 0.15) is 24.7 Å². The minimum Gasteiger partial charge on any atom is -0.489 e. The van der Waals surface area contributed by atoms with Crippen LogP contribution in [-0.2, 0) is 13.2 Å². The predicted molar refractivity (Wildman–Crippen MR) is 143 cm³/mol. The molecule has 0 aliphatic carbocycles. The standard InChI is InChI=1S/C31H39NO3/c1-4-25(5-2)17-16-24(3)21-32-31(33)28-18-29(34-22-26-12-8-6-9-13-26)20-30(19-28)35-23-27-14-10-7-11-15-27/h6-15,18-20,24-25H,4-5,16-17,21-23H2,1-3H3,(H,32,33). The monoisotopic (exact) mass is 473 g/mol. The summed E-state index contributed by atoms with van der Waals surface area (Å²) in [5.41, 5.74) is 2.69. The summed E-state index contributed by atoms with van der Waals surface area (Å²) in [7, 11) is 0. The summed E-state index contributed by atoms with van der Waals surface area (Å²) in [6.07, 6.45) is 4.77. The summed E-state index contributed by atoms with van der Waals surface area (Å²) in [5, 5.41) is 3.11. The number of hydrogen-bond donors (Lipinski definition) is 1. The summed E-state index contributed by atoms with van der Waals surface area (Å²) >= 11 is 0. The molecule has 186 valence electrons. The van der Waals surface area contributed by atoms with Crippen molar-refractivity contribution < 1.29 is 14.3 Å². The zero-order valence-electron chi connectivity index (χ0n) is 21.3. The van der Waals surface area contributed by atoms with E-state index in [2.05, 4.69) is 26.1 Å². The summed E-state index contributed by atoms with van der Waals surface area (Å²) in [4.78, 5) is 13.0. The van der Waals surface area contributed by atoms with E-state index in [1.165, 1.54) is 19.3 Å². The van der Waals surface area contributed by atoms with Crippen molar-refractivity contribution in [1.82, 2.24) is 5.32 Å². The Morgan fingerprint density at radius 3 is 1.77 bits per heavy atom. The Bertz CT molecular complexity index is 954. The van der Waals surface area contributed by atoms with Crippen LogP contribution in [0.1, 0.15) is 67.9 Å². The van der Waals surface area contributed by atoms with Crippen LogP contribution in [0.25, 0.3) is 0 Å². The molecule has 1 amide bonds. The Morgan fingerprint density at radius 1 is 0.771 bits per heavy atom. The van der Waals surface area contributed by atoms with Gasteiger partial charge in [-0.25, -0.2) is 0 Å². The number of hydrogen-bond acceptors (Lipinski definition) is 3. The maximum atomic E-state index is 13.0. The lowest BCUT2D eigenvalue weighted by Gasteiger charge is -2.17. The third kappa shape index (κ3) is 9.12. The van der Waals surface area contributed by atoms with Crippen molar-refractivity contribution in [2.45, 2.75) is 59.7 Å². The summed E-state index contributed by atoms with van der Waals surface area (Å²) in [6.45, 7) is 8.23. The van der Waals surface area contributed by atoms with Crippen LogP contribution in [0.15, 0.2) is 78.9 Å². The van der Waals surface area contributed by atoms with Crippen molar-refractivity contribution in [2.75, 3.05) is 6.54 Å². The van der Waals surface area contributed by atoms with Crippen LogP contribution in [0.4, 0.5) is 0 Å². The number of ether oxygens (including phenoxy) is 2. The average molecular weight is 474 g/mol. The summed E-state index contributed by atoms with van der Waals surface area (Å²) in [6, 6.07) is 25.4. The number of amides is 1. The van der Waals surface area contributed by atoms with Crippen LogP contribution >= 0.6 is 0 Å². The molecule has 0 heterocycles. The zero-order valence-corrected chi connectivity index (χ0v) is 21.3. The molecule has 4 heteroatoms. The van der Waals surface area contributed by atoms with Crippen LogP contribution in [0.3, 0.4) is 0 Å². The number of carbonyl (C=O) groups is 1. The maximum absolute atomic E-state index is 13.0. The van der Waals surface area contributed by atoms with E-state index >= 15 is 0 Å². The van der Waals surface area contributed by atoms with Gasteiger partial charge in [-0.3, -0.25) is 4.79 Å². The zero-order chi connectivity index (χ0) is 24.9. The fourth-order valence-corrected chi connectivity index (χ4v) is 4.04. The van der Waals surface area contributed by atoms with Crippen LogP contribution < -0.4 is 14.8 Å². The topological polar surface area (TPSA) is 47.6 Å². The van der Waals surface area contributed by atoms with Gasteiger partial charge in [-0.15, -0.1) is 0 Å². The molecular weight excluding hydrogens is 434 g/mol. The van der Waals surface area contributed by atoms with Crippen molar-refractivity contribution in [2.24, 2.45) is 11.8 Å². The molecule has 3 rings (SSSR count). The quantitative estimate of drug-likeness (QED) is 0.265. The van der Waals surface area contributed by atoms with Gasteiger partial charge >= 0.3 is 0 Å². The van der Waals surface area contributed by atoms with E-state index in [-0.39, 0.29) is 5.91 Å². The van der Waals surface area contributed by atoms with Gasteiger partial charge in [0.15, 0.2) is 0 Å². The largest absolute Gasteiger partial charge is 0.489 e. The number of rotatable bonds is 14. The van der Waals surface area contributed by atoms with Crippen molar-refractivity contribution >= 4 is 5.91 Å². The second-order valence-corrected chi connectivity index (χ2v) is 9.32. The number of carbonyl (C=O) groups excluding carboxylic acids is 1. The molecule has 0 aromatic heterocycles. The van der Waals surface area contributed by atoms with E-state index in [1.54, 1.807) is 12.1 Å². The van der Waals surface area contributed by atoms with Crippen molar-refractivity contribution in [3.63, 3.8) is 0 Å². The minimum atomic E-state index is -0.103. The van der Waals surface area contributed by atoms with E-state index in [0.29, 0.717) is 42.7 Å². The van der Waals surface area contributed by atoms with E-state index in [0.717, 1.165) is 23.5 Å². The van der Waals surface area contributed by atoms with Crippen LogP contribution in [-0.4, -0.2) is 12.5 Å². The molecule has 0 radical (unpaired) electrons. The highest BCUT2D eigenvalue weighted by atomic mass is 16.5. The number of benzene rings is 3. The Morgan fingerprint density at radius 2 is 1.29 bits per heavy atom. The third-order valence-electron chi connectivity index (χ3n) is 6.47. The van der Waals surface area contributed by atoms with Gasteiger partial charge in [-0.2, -0.15) is 0 Å². The molecule has 3 aromatic rings. The molecule has 0 aliphatic rings. The van der Waals surface area contributed by atoms with Gasteiger partial charge in [0.2, 0.25) is 0 Å². The first kappa shape index (κ1) is 26.3. The van der Waals surface area contributed by atoms with E-state index in [4.69, 9.17) is 9.47 Å². The summed E-state index contributed by atoms with van der Waals surface area (Å²) < 4.78 is 12.1. The molecule has 1 N–H and O–H groups in total. The van der Waals surface area contributed by atoms with Crippen LogP contribution in [0, 0.1) is 11.8 Å². The van der Waals surface area contributed by atoms with Gasteiger partial charge in [0.25, 0.3) is 5.91 Å². The molecule has 0 bridgehead atoms. The van der Waals surface area contributed by atoms with Crippen molar-refractivity contribution in [3.8, 4) is 11.5 Å². The van der Waals surface area contributed by atoms with E-state index < -0.39 is 0 Å². The smallest absolute Gasteiger partial charge is 0.251 e. The highest BCUT2D eigenvalue weighted by Crippen LogP contribution is 2.25. The molecule has 0 saturated carbocycles. The molecule has 0 fully saturated rings. The Balaban J connectivity index is 1.65. The molecule has 3 aromatic carbocycles. The molecular formula is C31H39NO3. The lowest BCUT2D eigenvalue weighted by atomic mass is 9.93. The molecule has 0 spiro atoms. The highest BCUT2D eigenvalue weighted by molar-refractivity contribution is 5.95. The second-order valence-electron chi connectivity index (χ2n) is 9.32. The fourth-order valence-electron chi connectivity index (χ4n) is 4.04. The molecule has 0 aliphatic heterocycles. The van der Waals surface area contributed by atoms with Crippen LogP contribution in [0.5, 0.6) is 11.5 Å². The lowest BCUT2D eigenvalue weighted by Crippen LogP contribution is -2.28. The highest BCUT2D eigenvalue weighted by Gasteiger charge is 2.13. The Hall–Kier alpha value is -3.27. The van der Waals surface area contributed by atoms with Crippen molar-refractivity contribution in [3.05, 3.63) is 95.6 Å². The Kier molecular flexibility index (Phi) is 10.7. The number of nitrogens with one attached hydrogen (secondary N) is 1. The Labute approximate surface area is 210 Å². The van der Waals surface area contributed by atoms with Crippen molar-refractivity contribution in [1.29, 1.82) is 0 Å². The third-order valence-corrected chi connectivity index (χ3v) is 6.47. The first-order valence-corrected chi connectivity index (χ1v) is 12.8. The maximum Gasteiger partial charge on any atom is 0.251 e. The molecule has 0 saturated heterocycles. The van der Waals surface area contributed by atoms with Gasteiger partial charge < -0.3 is 14.8 Å².